The minimum atomic E-state index is -0.510. The van der Waals surface area contributed by atoms with Gasteiger partial charge < -0.3 is 9.84 Å². The predicted octanol–water partition coefficient (Wildman–Crippen LogP) is 2.82. The molecule has 3 heteroatoms. The Kier molecular flexibility index (Phi) is 9.23. The van der Waals surface area contributed by atoms with Crippen molar-refractivity contribution in [2.45, 2.75) is 13.3 Å². The highest BCUT2D eigenvalue weighted by molar-refractivity contribution is 5.87. The first-order chi connectivity index (χ1) is 8.65. The molecular formula is C15H20O3. The van der Waals surface area contributed by atoms with E-state index in [9.17, 15) is 4.79 Å². The van der Waals surface area contributed by atoms with Crippen molar-refractivity contribution in [1.82, 2.24) is 0 Å². The Morgan fingerprint density at radius 3 is 2.39 bits per heavy atom. The van der Waals surface area contributed by atoms with E-state index in [-0.39, 0.29) is 12.2 Å². The van der Waals surface area contributed by atoms with Gasteiger partial charge in [0.2, 0.25) is 0 Å². The molecule has 1 aromatic carbocycles. The molecule has 98 valence electrons. The molecule has 0 amide bonds. The number of carbonyl (C=O) groups is 1. The number of aliphatic hydroxyl groups is 1. The van der Waals surface area contributed by atoms with Gasteiger partial charge in [0.15, 0.2) is 0 Å². The van der Waals surface area contributed by atoms with Crippen LogP contribution in [0.2, 0.25) is 0 Å². The number of aliphatic hydroxyl groups excluding tert-OH is 1. The fourth-order valence-corrected chi connectivity index (χ4v) is 0.950. The van der Waals surface area contributed by atoms with E-state index in [1.54, 1.807) is 0 Å². The van der Waals surface area contributed by atoms with Crippen molar-refractivity contribution in [2.24, 2.45) is 0 Å². The lowest BCUT2D eigenvalue weighted by Gasteiger charge is -2.01. The fourth-order valence-electron chi connectivity index (χ4n) is 0.950. The van der Waals surface area contributed by atoms with E-state index in [0.717, 1.165) is 6.42 Å². The van der Waals surface area contributed by atoms with Crippen LogP contribution in [-0.2, 0) is 9.53 Å². The molecule has 0 aliphatic rings. The van der Waals surface area contributed by atoms with Crippen molar-refractivity contribution >= 4 is 12.0 Å². The van der Waals surface area contributed by atoms with Gasteiger partial charge in [-0.2, -0.15) is 0 Å². The summed E-state index contributed by atoms with van der Waals surface area (Å²) in [5, 5.41) is 8.40. The van der Waals surface area contributed by atoms with Crippen LogP contribution in [-0.4, -0.2) is 24.3 Å². The quantitative estimate of drug-likeness (QED) is 0.644. The molecule has 1 rings (SSSR count). The molecule has 0 aromatic heterocycles. The van der Waals surface area contributed by atoms with Gasteiger partial charge in [0, 0.05) is 0 Å². The molecule has 0 aliphatic heterocycles. The molecule has 0 saturated carbocycles. The Hall–Kier alpha value is -1.87. The molecule has 0 unspecified atom stereocenters. The van der Waals surface area contributed by atoms with E-state index in [2.05, 4.69) is 17.9 Å². The standard InChI is InChI=1S/C8H8.C7H12O3/c1-2-8-6-4-3-5-7-8;1-3-4-10-7(9)6(2)5-8/h2-7H,1H2;8H,2-5H2,1H3. The van der Waals surface area contributed by atoms with Gasteiger partial charge in [-0.3, -0.25) is 0 Å². The van der Waals surface area contributed by atoms with Gasteiger partial charge in [0.1, 0.15) is 0 Å². The molecule has 0 aliphatic carbocycles. The fraction of sp³-hybridized carbons (Fsp3) is 0.267. The van der Waals surface area contributed by atoms with Gasteiger partial charge in [-0.05, 0) is 12.0 Å². The molecule has 1 aromatic rings. The van der Waals surface area contributed by atoms with Crippen molar-refractivity contribution in [1.29, 1.82) is 0 Å². The summed E-state index contributed by atoms with van der Waals surface area (Å²) < 4.78 is 4.65. The minimum Gasteiger partial charge on any atom is -0.462 e. The van der Waals surface area contributed by atoms with Crippen LogP contribution in [0.15, 0.2) is 49.1 Å². The van der Waals surface area contributed by atoms with Gasteiger partial charge in [-0.25, -0.2) is 4.79 Å². The van der Waals surface area contributed by atoms with E-state index >= 15 is 0 Å². The third-order valence-corrected chi connectivity index (χ3v) is 1.95. The lowest BCUT2D eigenvalue weighted by atomic mass is 10.2. The number of rotatable bonds is 5. The summed E-state index contributed by atoms with van der Waals surface area (Å²) in [5.74, 6) is -0.510. The van der Waals surface area contributed by atoms with Gasteiger partial charge in [-0.1, -0.05) is 56.5 Å². The zero-order valence-electron chi connectivity index (χ0n) is 10.8. The summed E-state index contributed by atoms with van der Waals surface area (Å²) in [5.41, 5.74) is 1.28. The van der Waals surface area contributed by atoms with Crippen molar-refractivity contribution in [2.75, 3.05) is 13.2 Å². The third kappa shape index (κ3) is 7.41. The van der Waals surface area contributed by atoms with Crippen LogP contribution in [0.5, 0.6) is 0 Å². The largest absolute Gasteiger partial charge is 0.462 e. The van der Waals surface area contributed by atoms with Crippen LogP contribution < -0.4 is 0 Å². The molecule has 0 spiro atoms. The summed E-state index contributed by atoms with van der Waals surface area (Å²) in [6.45, 7) is 8.89. The minimum absolute atomic E-state index is 0.105. The molecule has 3 nitrogen and oxygen atoms in total. The molecule has 0 atom stereocenters. The monoisotopic (exact) mass is 248 g/mol. The van der Waals surface area contributed by atoms with Crippen molar-refractivity contribution < 1.29 is 14.6 Å². The second-order valence-electron chi connectivity index (χ2n) is 3.51. The average Bonchev–Trinajstić information content (AvgIpc) is 2.45. The van der Waals surface area contributed by atoms with Crippen LogP contribution >= 0.6 is 0 Å². The van der Waals surface area contributed by atoms with Crippen LogP contribution in [0.3, 0.4) is 0 Å². The smallest absolute Gasteiger partial charge is 0.335 e. The SMILES string of the molecule is C=C(CO)C(=O)OCCC.C=Cc1ccccc1. The predicted molar refractivity (Wildman–Crippen MR) is 74.0 cm³/mol. The number of benzene rings is 1. The van der Waals surface area contributed by atoms with Gasteiger partial charge in [0.05, 0.1) is 18.8 Å². The molecule has 1 N–H and O–H groups in total. The van der Waals surface area contributed by atoms with E-state index < -0.39 is 5.97 Å². The molecule has 18 heavy (non-hydrogen) atoms. The first kappa shape index (κ1) is 16.1. The Morgan fingerprint density at radius 1 is 1.39 bits per heavy atom. The van der Waals surface area contributed by atoms with Gasteiger partial charge in [-0.15, -0.1) is 0 Å². The first-order valence-electron chi connectivity index (χ1n) is 5.78. The highest BCUT2D eigenvalue weighted by Crippen LogP contribution is 1.97. The molecular weight excluding hydrogens is 228 g/mol. The van der Waals surface area contributed by atoms with Crippen molar-refractivity contribution in [3.05, 3.63) is 54.6 Å². The molecule has 0 fully saturated rings. The maximum Gasteiger partial charge on any atom is 0.335 e. The lowest BCUT2D eigenvalue weighted by Crippen LogP contribution is -2.10. The van der Waals surface area contributed by atoms with Crippen molar-refractivity contribution in [3.8, 4) is 0 Å². The van der Waals surface area contributed by atoms with E-state index in [0.29, 0.717) is 6.61 Å². The number of hydrogen-bond donors (Lipinski definition) is 1. The summed E-state index contributed by atoms with van der Waals surface area (Å²) in [4.78, 5) is 10.7. The lowest BCUT2D eigenvalue weighted by molar-refractivity contribution is -0.139. The van der Waals surface area contributed by atoms with E-state index in [1.165, 1.54) is 5.56 Å². The molecule has 0 heterocycles. The number of esters is 1. The third-order valence-electron chi connectivity index (χ3n) is 1.95. The second-order valence-corrected chi connectivity index (χ2v) is 3.51. The average molecular weight is 248 g/mol. The van der Waals surface area contributed by atoms with Gasteiger partial charge >= 0.3 is 5.97 Å². The number of ether oxygens (including phenoxy) is 1. The number of hydrogen-bond acceptors (Lipinski definition) is 3. The summed E-state index contributed by atoms with van der Waals surface area (Å²) >= 11 is 0. The van der Waals surface area contributed by atoms with Crippen LogP contribution in [0.4, 0.5) is 0 Å². The molecule has 0 bridgehead atoms. The topological polar surface area (TPSA) is 46.5 Å². The molecule has 0 radical (unpaired) electrons. The maximum atomic E-state index is 10.7. The van der Waals surface area contributed by atoms with Crippen LogP contribution in [0.1, 0.15) is 18.9 Å². The Balaban J connectivity index is 0.000000327. The van der Waals surface area contributed by atoms with E-state index in [1.807, 2.05) is 43.3 Å². The van der Waals surface area contributed by atoms with E-state index in [4.69, 9.17) is 5.11 Å². The van der Waals surface area contributed by atoms with Crippen LogP contribution in [0.25, 0.3) is 6.08 Å². The summed E-state index contributed by atoms with van der Waals surface area (Å²) in [6.07, 6.45) is 2.62. The Labute approximate surface area is 108 Å². The van der Waals surface area contributed by atoms with Gasteiger partial charge in [0.25, 0.3) is 0 Å². The first-order valence-corrected chi connectivity index (χ1v) is 5.78. The summed E-state index contributed by atoms with van der Waals surface area (Å²) in [7, 11) is 0. The summed E-state index contributed by atoms with van der Waals surface area (Å²) in [6, 6.07) is 10.0. The zero-order chi connectivity index (χ0) is 13.8. The maximum absolute atomic E-state index is 10.7. The number of carbonyl (C=O) groups excluding carboxylic acids is 1. The Bertz CT molecular complexity index is 369. The highest BCUT2D eigenvalue weighted by atomic mass is 16.5. The van der Waals surface area contributed by atoms with Crippen molar-refractivity contribution in [3.63, 3.8) is 0 Å². The normalized spacial score (nSPS) is 8.78. The Morgan fingerprint density at radius 2 is 2.00 bits per heavy atom. The molecule has 0 saturated heterocycles. The second kappa shape index (κ2) is 10.3. The van der Waals surface area contributed by atoms with Crippen LogP contribution in [0, 0.1) is 0 Å². The highest BCUT2D eigenvalue weighted by Gasteiger charge is 2.04. The zero-order valence-corrected chi connectivity index (χ0v) is 10.8.